The number of carbonyl (C=O) groups is 1. The zero-order chi connectivity index (χ0) is 15.5. The lowest BCUT2D eigenvalue weighted by molar-refractivity contribution is -0.144. The van der Waals surface area contributed by atoms with Crippen LogP contribution in [-0.4, -0.2) is 28.4 Å². The minimum atomic E-state index is -0.907. The minimum absolute atomic E-state index is 0.324. The highest BCUT2D eigenvalue weighted by molar-refractivity contribution is 7.99. The Labute approximate surface area is 127 Å². The smallest absolute Gasteiger partial charge is 0.323 e. The van der Waals surface area contributed by atoms with Gasteiger partial charge < -0.3 is 5.11 Å². The van der Waals surface area contributed by atoms with Gasteiger partial charge in [0.2, 0.25) is 0 Å². The van der Waals surface area contributed by atoms with Gasteiger partial charge in [-0.15, -0.1) is 11.8 Å². The normalized spacial score (nSPS) is 17.5. The van der Waals surface area contributed by atoms with Crippen LogP contribution in [-0.2, 0) is 4.79 Å². The molecular formula is C15H19F2NO2S. The second-order valence-corrected chi connectivity index (χ2v) is 6.75. The first-order chi connectivity index (χ1) is 9.90. The molecular weight excluding hydrogens is 296 g/mol. The maximum Gasteiger partial charge on any atom is 0.323 e. The average Bonchev–Trinajstić information content (AvgIpc) is 3.22. The lowest BCUT2D eigenvalue weighted by Crippen LogP contribution is -2.50. The third-order valence-corrected chi connectivity index (χ3v) is 4.63. The van der Waals surface area contributed by atoms with Crippen molar-refractivity contribution in [3.05, 3.63) is 29.8 Å². The topological polar surface area (TPSA) is 49.3 Å². The number of carboxylic acids is 1. The van der Waals surface area contributed by atoms with E-state index >= 15 is 0 Å². The van der Waals surface area contributed by atoms with Crippen LogP contribution in [0.4, 0.5) is 8.78 Å². The molecule has 1 aromatic carbocycles. The van der Waals surface area contributed by atoms with Gasteiger partial charge in [-0.2, -0.15) is 0 Å². The average molecular weight is 315 g/mol. The highest BCUT2D eigenvalue weighted by Gasteiger charge is 2.37. The number of halogens is 2. The molecule has 0 aliphatic heterocycles. The van der Waals surface area contributed by atoms with Gasteiger partial charge in [-0.25, -0.2) is 8.78 Å². The fourth-order valence-corrected chi connectivity index (χ4v) is 2.98. The van der Waals surface area contributed by atoms with Crippen molar-refractivity contribution in [3.63, 3.8) is 0 Å². The highest BCUT2D eigenvalue weighted by Crippen LogP contribution is 2.27. The van der Waals surface area contributed by atoms with E-state index < -0.39 is 23.1 Å². The molecule has 3 nitrogen and oxygen atoms in total. The molecule has 0 aromatic heterocycles. The van der Waals surface area contributed by atoms with Crippen LogP contribution in [0.1, 0.15) is 32.6 Å². The van der Waals surface area contributed by atoms with E-state index in [4.69, 9.17) is 0 Å². The SMILES string of the molecule is CC(CCCSc1ccc(F)c(F)c1)(NC1CC1)C(=O)O. The predicted molar refractivity (Wildman–Crippen MR) is 78.5 cm³/mol. The Morgan fingerprint density at radius 3 is 2.71 bits per heavy atom. The fraction of sp³-hybridized carbons (Fsp3) is 0.533. The lowest BCUT2D eigenvalue weighted by Gasteiger charge is -2.26. The molecule has 2 rings (SSSR count). The lowest BCUT2D eigenvalue weighted by atomic mass is 9.96. The van der Waals surface area contributed by atoms with Gasteiger partial charge in [0.1, 0.15) is 5.54 Å². The maximum atomic E-state index is 13.1. The van der Waals surface area contributed by atoms with Crippen LogP contribution in [0, 0.1) is 11.6 Å². The summed E-state index contributed by atoms with van der Waals surface area (Å²) >= 11 is 1.40. The summed E-state index contributed by atoms with van der Waals surface area (Å²) in [6.07, 6.45) is 3.26. The van der Waals surface area contributed by atoms with E-state index in [-0.39, 0.29) is 0 Å². The summed E-state index contributed by atoms with van der Waals surface area (Å²) in [7, 11) is 0. The number of nitrogens with one attached hydrogen (secondary N) is 1. The van der Waals surface area contributed by atoms with Crippen LogP contribution in [0.2, 0.25) is 0 Å². The Hall–Kier alpha value is -1.14. The Morgan fingerprint density at radius 1 is 1.43 bits per heavy atom. The molecule has 1 atom stereocenters. The van der Waals surface area contributed by atoms with Crippen LogP contribution in [0.25, 0.3) is 0 Å². The first-order valence-corrected chi connectivity index (χ1v) is 7.98. The summed E-state index contributed by atoms with van der Waals surface area (Å²) in [6.45, 7) is 1.70. The second-order valence-electron chi connectivity index (χ2n) is 5.58. The van der Waals surface area contributed by atoms with Crippen molar-refractivity contribution in [1.82, 2.24) is 5.32 Å². The Balaban J connectivity index is 1.79. The van der Waals surface area contributed by atoms with Crippen molar-refractivity contribution < 1.29 is 18.7 Å². The van der Waals surface area contributed by atoms with Crippen molar-refractivity contribution in [2.24, 2.45) is 0 Å². The van der Waals surface area contributed by atoms with Gasteiger partial charge in [-0.3, -0.25) is 10.1 Å². The van der Waals surface area contributed by atoms with Gasteiger partial charge in [-0.05, 0) is 56.6 Å². The monoisotopic (exact) mass is 315 g/mol. The van der Waals surface area contributed by atoms with Crippen molar-refractivity contribution in [3.8, 4) is 0 Å². The van der Waals surface area contributed by atoms with E-state index in [0.29, 0.717) is 29.5 Å². The number of aliphatic carboxylic acids is 1. The van der Waals surface area contributed by atoms with Crippen molar-refractivity contribution in [2.45, 2.75) is 49.1 Å². The third-order valence-electron chi connectivity index (χ3n) is 3.55. The van der Waals surface area contributed by atoms with Gasteiger partial charge in [0.15, 0.2) is 11.6 Å². The largest absolute Gasteiger partial charge is 0.480 e. The number of hydrogen-bond donors (Lipinski definition) is 2. The van der Waals surface area contributed by atoms with Crippen molar-refractivity contribution >= 4 is 17.7 Å². The number of rotatable bonds is 8. The summed E-state index contributed by atoms with van der Waals surface area (Å²) in [5, 5.41) is 12.5. The van der Waals surface area contributed by atoms with E-state index in [1.54, 1.807) is 6.92 Å². The van der Waals surface area contributed by atoms with Crippen molar-refractivity contribution in [2.75, 3.05) is 5.75 Å². The molecule has 1 saturated carbocycles. The summed E-state index contributed by atoms with van der Waals surface area (Å²) in [4.78, 5) is 12.0. The van der Waals surface area contributed by atoms with Crippen LogP contribution >= 0.6 is 11.8 Å². The van der Waals surface area contributed by atoms with Gasteiger partial charge in [0.25, 0.3) is 0 Å². The molecule has 1 aromatic rings. The Bertz CT molecular complexity index is 522. The van der Waals surface area contributed by atoms with Crippen molar-refractivity contribution in [1.29, 1.82) is 0 Å². The first-order valence-electron chi connectivity index (χ1n) is 7.00. The molecule has 1 aliphatic carbocycles. The zero-order valence-corrected chi connectivity index (χ0v) is 12.7. The van der Waals surface area contributed by atoms with E-state index in [1.807, 2.05) is 0 Å². The van der Waals surface area contributed by atoms with Gasteiger partial charge >= 0.3 is 5.97 Å². The van der Waals surface area contributed by atoms with Gasteiger partial charge in [0.05, 0.1) is 0 Å². The number of benzene rings is 1. The molecule has 0 bridgehead atoms. The molecule has 0 radical (unpaired) electrons. The summed E-state index contributed by atoms with van der Waals surface area (Å²) in [5.41, 5.74) is -0.907. The Kier molecular flexibility index (Phi) is 5.22. The molecule has 2 N–H and O–H groups in total. The van der Waals surface area contributed by atoms with Gasteiger partial charge in [0, 0.05) is 10.9 Å². The summed E-state index contributed by atoms with van der Waals surface area (Å²) in [6, 6.07) is 4.12. The quantitative estimate of drug-likeness (QED) is 0.570. The maximum absolute atomic E-state index is 13.1. The molecule has 1 unspecified atom stereocenters. The number of hydrogen-bond acceptors (Lipinski definition) is 3. The molecule has 116 valence electrons. The first kappa shape index (κ1) is 16.2. The van der Waals surface area contributed by atoms with Crippen LogP contribution < -0.4 is 5.32 Å². The van der Waals surface area contributed by atoms with Crippen LogP contribution in [0.3, 0.4) is 0 Å². The van der Waals surface area contributed by atoms with Crippen LogP contribution in [0.5, 0.6) is 0 Å². The number of thioether (sulfide) groups is 1. The van der Waals surface area contributed by atoms with Crippen LogP contribution in [0.15, 0.2) is 23.1 Å². The van der Waals surface area contributed by atoms with E-state index in [1.165, 1.54) is 23.9 Å². The molecule has 21 heavy (non-hydrogen) atoms. The molecule has 0 heterocycles. The molecule has 0 spiro atoms. The molecule has 0 amide bonds. The number of carboxylic acid groups (broad SMARTS) is 1. The molecule has 1 fully saturated rings. The van der Waals surface area contributed by atoms with E-state index in [9.17, 15) is 18.7 Å². The standard InChI is InChI=1S/C15H19F2NO2S/c1-15(14(19)20,18-10-3-4-10)7-2-8-21-11-5-6-12(16)13(17)9-11/h5-6,9-10,18H,2-4,7-8H2,1H3,(H,19,20). The third kappa shape index (κ3) is 4.68. The highest BCUT2D eigenvalue weighted by atomic mass is 32.2. The molecule has 1 aliphatic rings. The zero-order valence-electron chi connectivity index (χ0n) is 11.9. The fourth-order valence-electron chi connectivity index (χ4n) is 2.10. The Morgan fingerprint density at radius 2 is 2.14 bits per heavy atom. The second kappa shape index (κ2) is 6.75. The van der Waals surface area contributed by atoms with E-state index in [0.717, 1.165) is 18.9 Å². The predicted octanol–water partition coefficient (Wildman–Crippen LogP) is 3.43. The molecule has 6 heteroatoms. The molecule has 0 saturated heterocycles. The van der Waals surface area contributed by atoms with E-state index in [2.05, 4.69) is 5.32 Å². The summed E-state index contributed by atoms with van der Waals surface area (Å²) in [5.74, 6) is -1.88. The minimum Gasteiger partial charge on any atom is -0.480 e. The van der Waals surface area contributed by atoms with Gasteiger partial charge in [-0.1, -0.05) is 0 Å². The summed E-state index contributed by atoms with van der Waals surface area (Å²) < 4.78 is 25.9.